The summed E-state index contributed by atoms with van der Waals surface area (Å²) in [6.07, 6.45) is 8.06. The zero-order valence-corrected chi connectivity index (χ0v) is 25.9. The van der Waals surface area contributed by atoms with Crippen molar-refractivity contribution in [3.63, 3.8) is 0 Å². The number of nitrogens with one attached hydrogen (secondary N) is 1. The van der Waals surface area contributed by atoms with Gasteiger partial charge >= 0.3 is 6.03 Å². The van der Waals surface area contributed by atoms with E-state index in [0.717, 1.165) is 42.0 Å². The molecule has 9 heteroatoms. The van der Waals surface area contributed by atoms with Gasteiger partial charge in [0.1, 0.15) is 18.0 Å². The minimum Gasteiger partial charge on any atom is -0.497 e. The zero-order valence-electron chi connectivity index (χ0n) is 25.1. The van der Waals surface area contributed by atoms with Gasteiger partial charge in [0.2, 0.25) is 5.91 Å². The average molecular weight is 595 g/mol. The molecule has 1 aliphatic rings. The summed E-state index contributed by atoms with van der Waals surface area (Å²) in [5.41, 5.74) is 2.59. The predicted molar refractivity (Wildman–Crippen MR) is 167 cm³/mol. The van der Waals surface area contributed by atoms with Gasteiger partial charge in [0.05, 0.1) is 26.5 Å². The minimum absolute atomic E-state index is 0.0129. The average Bonchev–Trinajstić information content (AvgIpc) is 3.46. The predicted octanol–water partition coefficient (Wildman–Crippen LogP) is 7.20. The van der Waals surface area contributed by atoms with Crippen molar-refractivity contribution in [2.75, 3.05) is 26.1 Å². The van der Waals surface area contributed by atoms with Crippen LogP contribution in [-0.2, 0) is 17.9 Å². The molecule has 0 bridgehead atoms. The first kappa shape index (κ1) is 31.3. The molecule has 1 saturated carbocycles. The van der Waals surface area contributed by atoms with Crippen molar-refractivity contribution in [3.8, 4) is 11.5 Å². The van der Waals surface area contributed by atoms with E-state index in [4.69, 9.17) is 21.1 Å². The number of carbonyl (C=O) groups excluding carboxylic acids is 2. The van der Waals surface area contributed by atoms with Crippen LogP contribution in [0.1, 0.15) is 63.6 Å². The van der Waals surface area contributed by atoms with E-state index < -0.39 is 0 Å². The Labute approximate surface area is 254 Å². The molecule has 0 spiro atoms. The summed E-state index contributed by atoms with van der Waals surface area (Å²) in [7, 11) is 3.12. The van der Waals surface area contributed by atoms with Crippen LogP contribution in [0.25, 0.3) is 0 Å². The summed E-state index contributed by atoms with van der Waals surface area (Å²) in [4.78, 5) is 31.4. The van der Waals surface area contributed by atoms with Crippen LogP contribution in [0.3, 0.4) is 0 Å². The van der Waals surface area contributed by atoms with E-state index >= 15 is 0 Å². The monoisotopic (exact) mass is 594 g/mol. The fourth-order valence-electron chi connectivity index (χ4n) is 5.52. The number of carbonyl (C=O) groups is 2. The van der Waals surface area contributed by atoms with Crippen LogP contribution in [0.15, 0.2) is 60.8 Å². The van der Waals surface area contributed by atoms with Crippen molar-refractivity contribution < 1.29 is 19.1 Å². The van der Waals surface area contributed by atoms with Crippen LogP contribution in [0.2, 0.25) is 5.02 Å². The molecule has 1 aliphatic carbocycles. The van der Waals surface area contributed by atoms with Gasteiger partial charge in [-0.1, -0.05) is 56.0 Å². The van der Waals surface area contributed by atoms with Gasteiger partial charge in [0.25, 0.3) is 0 Å². The fraction of sp³-hybridized carbons (Fsp3) is 0.455. The van der Waals surface area contributed by atoms with Gasteiger partial charge in [-0.05, 0) is 62.1 Å². The van der Waals surface area contributed by atoms with Crippen LogP contribution in [0.4, 0.5) is 10.5 Å². The van der Waals surface area contributed by atoms with Crippen LogP contribution in [0.5, 0.6) is 11.5 Å². The normalized spacial score (nSPS) is 14.2. The maximum atomic E-state index is 14.1. The first-order valence-corrected chi connectivity index (χ1v) is 15.2. The Morgan fingerprint density at radius 3 is 2.50 bits per heavy atom. The highest BCUT2D eigenvalue weighted by Crippen LogP contribution is 2.30. The van der Waals surface area contributed by atoms with E-state index in [1.165, 1.54) is 6.42 Å². The van der Waals surface area contributed by atoms with E-state index in [9.17, 15) is 9.59 Å². The van der Waals surface area contributed by atoms with Crippen molar-refractivity contribution in [1.29, 1.82) is 0 Å². The molecule has 2 aromatic carbocycles. The molecular formula is C33H43ClN4O4. The number of amides is 3. The molecule has 226 valence electrons. The van der Waals surface area contributed by atoms with E-state index in [2.05, 4.69) is 16.0 Å². The fourth-order valence-corrected chi connectivity index (χ4v) is 5.71. The number of nitrogens with zero attached hydrogens (tertiary/aromatic N) is 3. The van der Waals surface area contributed by atoms with Crippen molar-refractivity contribution >= 4 is 29.2 Å². The Morgan fingerprint density at radius 2 is 1.81 bits per heavy atom. The smallest absolute Gasteiger partial charge is 0.322 e. The van der Waals surface area contributed by atoms with Gasteiger partial charge in [-0.15, -0.1) is 0 Å². The molecule has 1 heterocycles. The first-order chi connectivity index (χ1) is 20.3. The molecule has 1 aromatic heterocycles. The Kier molecular flexibility index (Phi) is 11.2. The number of benzene rings is 2. The Balaban J connectivity index is 1.55. The quantitative estimate of drug-likeness (QED) is 0.241. The Hall–Kier alpha value is -3.65. The number of halogens is 1. The number of hydrogen-bond donors (Lipinski definition) is 1. The molecule has 1 fully saturated rings. The highest BCUT2D eigenvalue weighted by molar-refractivity contribution is 6.31. The molecule has 0 aliphatic heterocycles. The largest absolute Gasteiger partial charge is 0.497 e. The van der Waals surface area contributed by atoms with Crippen molar-refractivity contribution in [2.24, 2.45) is 0 Å². The summed E-state index contributed by atoms with van der Waals surface area (Å²) in [5.74, 6) is 1.06. The van der Waals surface area contributed by atoms with Crippen LogP contribution in [-0.4, -0.2) is 59.2 Å². The third kappa shape index (κ3) is 7.79. The third-order valence-electron chi connectivity index (χ3n) is 8.23. The molecular weight excluding hydrogens is 552 g/mol. The Morgan fingerprint density at radius 1 is 1.05 bits per heavy atom. The third-order valence-corrected chi connectivity index (χ3v) is 8.60. The topological polar surface area (TPSA) is 76.0 Å². The highest BCUT2D eigenvalue weighted by atomic mass is 35.5. The van der Waals surface area contributed by atoms with Gasteiger partial charge in [-0.2, -0.15) is 0 Å². The standard InChI is InChI=1S/C33H43ClN4O4/c1-5-24(2)37(33(40)35-30-18-17-28(41-3)20-31(30)42-4)23-32(39)38(26-13-7-6-8-14-26)22-27-15-11-19-36(27)21-25-12-9-10-16-29(25)34/h9-12,15-20,24,26H,5-8,13-14,21-23H2,1-4H3,(H,35,40). The van der Waals surface area contributed by atoms with E-state index in [0.29, 0.717) is 36.7 Å². The molecule has 3 aromatic rings. The molecule has 4 rings (SSSR count). The van der Waals surface area contributed by atoms with Gasteiger partial charge in [-0.25, -0.2) is 4.79 Å². The lowest BCUT2D eigenvalue weighted by atomic mass is 9.94. The van der Waals surface area contributed by atoms with Crippen LogP contribution in [0, 0.1) is 0 Å². The molecule has 1 atom stereocenters. The summed E-state index contributed by atoms with van der Waals surface area (Å²) in [6.45, 7) is 5.08. The summed E-state index contributed by atoms with van der Waals surface area (Å²) >= 11 is 6.46. The molecule has 42 heavy (non-hydrogen) atoms. The lowest BCUT2D eigenvalue weighted by Crippen LogP contribution is -2.50. The second kappa shape index (κ2) is 15.0. The lowest BCUT2D eigenvalue weighted by molar-refractivity contribution is -0.136. The molecule has 0 saturated heterocycles. The van der Waals surface area contributed by atoms with E-state index in [-0.39, 0.29) is 30.6 Å². The number of ether oxygens (including phenoxy) is 2. The number of methoxy groups -OCH3 is 2. The second-order valence-electron chi connectivity index (χ2n) is 10.9. The maximum absolute atomic E-state index is 14.1. The molecule has 1 N–H and O–H groups in total. The minimum atomic E-state index is -0.341. The zero-order chi connectivity index (χ0) is 30.1. The summed E-state index contributed by atoms with van der Waals surface area (Å²) in [6, 6.07) is 16.8. The molecule has 1 unspecified atom stereocenters. The van der Waals surface area contributed by atoms with E-state index in [1.807, 2.05) is 55.3 Å². The number of rotatable bonds is 12. The molecule has 3 amide bonds. The maximum Gasteiger partial charge on any atom is 0.322 e. The highest BCUT2D eigenvalue weighted by Gasteiger charge is 2.30. The van der Waals surface area contributed by atoms with Crippen LogP contribution < -0.4 is 14.8 Å². The second-order valence-corrected chi connectivity index (χ2v) is 11.3. The molecule has 0 radical (unpaired) electrons. The van der Waals surface area contributed by atoms with E-state index in [1.54, 1.807) is 37.3 Å². The summed E-state index contributed by atoms with van der Waals surface area (Å²) in [5, 5.41) is 3.68. The van der Waals surface area contributed by atoms with Gasteiger partial charge in [-0.3, -0.25) is 4.79 Å². The van der Waals surface area contributed by atoms with Gasteiger partial charge in [0, 0.05) is 41.6 Å². The lowest BCUT2D eigenvalue weighted by Gasteiger charge is -2.37. The number of hydrogen-bond acceptors (Lipinski definition) is 4. The van der Waals surface area contributed by atoms with Gasteiger partial charge in [0.15, 0.2) is 0 Å². The number of anilines is 1. The van der Waals surface area contributed by atoms with Crippen molar-refractivity contribution in [1.82, 2.24) is 14.4 Å². The first-order valence-electron chi connectivity index (χ1n) is 14.8. The number of aromatic nitrogens is 1. The van der Waals surface area contributed by atoms with Crippen molar-refractivity contribution in [3.05, 3.63) is 77.1 Å². The van der Waals surface area contributed by atoms with Crippen molar-refractivity contribution in [2.45, 2.75) is 77.5 Å². The SMILES string of the molecule is CCC(C)N(CC(=O)N(Cc1cccn1Cc1ccccc1Cl)C1CCCCC1)C(=O)Nc1ccc(OC)cc1OC. The Bertz CT molecular complexity index is 1340. The number of urea groups is 1. The van der Waals surface area contributed by atoms with Gasteiger partial charge < -0.3 is 29.2 Å². The van der Waals surface area contributed by atoms with Crippen LogP contribution >= 0.6 is 11.6 Å². The molecule has 8 nitrogen and oxygen atoms in total. The summed E-state index contributed by atoms with van der Waals surface area (Å²) < 4.78 is 12.9.